The van der Waals surface area contributed by atoms with E-state index in [0.717, 1.165) is 5.56 Å². The summed E-state index contributed by atoms with van der Waals surface area (Å²) in [5.74, 6) is -0.441. The first kappa shape index (κ1) is 16.4. The number of amides is 1. The smallest absolute Gasteiger partial charge is 0.239 e. The highest BCUT2D eigenvalue weighted by Gasteiger charge is 2.30. The average Bonchev–Trinajstić information content (AvgIpc) is 2.89. The lowest BCUT2D eigenvalue weighted by molar-refractivity contribution is -0.118. The Morgan fingerprint density at radius 3 is 2.88 bits per heavy atom. The zero-order chi connectivity index (χ0) is 16.9. The monoisotopic (exact) mass is 341 g/mol. The van der Waals surface area contributed by atoms with E-state index in [9.17, 15) is 9.18 Å². The molecule has 24 heavy (non-hydrogen) atoms. The molecule has 2 aromatic rings. The minimum atomic E-state index is -0.359. The normalized spacial score (nSPS) is 19.2. The molecule has 1 saturated heterocycles. The quantitative estimate of drug-likeness (QED) is 0.685. The van der Waals surface area contributed by atoms with E-state index in [4.69, 9.17) is 0 Å². The lowest BCUT2D eigenvalue weighted by Crippen LogP contribution is -2.25. The molecule has 2 aromatic carbocycles. The van der Waals surface area contributed by atoms with Gasteiger partial charge in [-0.3, -0.25) is 4.79 Å². The second-order valence-electron chi connectivity index (χ2n) is 5.46. The molecule has 0 aromatic heterocycles. The van der Waals surface area contributed by atoms with E-state index in [2.05, 4.69) is 21.6 Å². The summed E-state index contributed by atoms with van der Waals surface area (Å²) >= 11 is 1.34. The van der Waals surface area contributed by atoms with E-state index in [1.807, 2.05) is 25.1 Å². The third-order valence-electron chi connectivity index (χ3n) is 3.53. The molecule has 1 fully saturated rings. The third-order valence-corrected chi connectivity index (χ3v) is 4.60. The largest absolute Gasteiger partial charge is 0.303 e. The molecule has 122 valence electrons. The van der Waals surface area contributed by atoms with Crippen molar-refractivity contribution in [3.8, 4) is 0 Å². The summed E-state index contributed by atoms with van der Waals surface area (Å²) < 4.78 is 13.5. The standard InChI is InChI=1S/C18H16FN3OS/c1-12-5-4-6-13(9-12)10-16-17(23)21-18(24-16)22-20-11-14-7-2-3-8-15(14)19/h2-9,11,16H,10H2,1H3,(H,21,22,23)/b20-11+/t16-/m0/s1. The summed E-state index contributed by atoms with van der Waals surface area (Å²) in [5.41, 5.74) is 2.63. The summed E-state index contributed by atoms with van der Waals surface area (Å²) in [6.45, 7) is 2.02. The number of hydrogen-bond acceptors (Lipinski definition) is 4. The maximum atomic E-state index is 13.5. The minimum Gasteiger partial charge on any atom is -0.303 e. The van der Waals surface area contributed by atoms with Gasteiger partial charge < -0.3 is 5.32 Å². The maximum absolute atomic E-state index is 13.5. The number of nitrogens with zero attached hydrogens (tertiary/aromatic N) is 2. The zero-order valence-corrected chi connectivity index (χ0v) is 13.9. The molecular formula is C18H16FN3OS. The van der Waals surface area contributed by atoms with Crippen molar-refractivity contribution >= 4 is 29.1 Å². The maximum Gasteiger partial charge on any atom is 0.239 e. The van der Waals surface area contributed by atoms with Crippen LogP contribution in [-0.2, 0) is 11.2 Å². The SMILES string of the molecule is Cc1cccc(C[C@@H]2S/C(=N\N=C\c3ccccc3F)NC2=O)c1. The van der Waals surface area contributed by atoms with Gasteiger partial charge in [-0.25, -0.2) is 4.39 Å². The predicted octanol–water partition coefficient (Wildman–Crippen LogP) is 3.30. The number of nitrogens with one attached hydrogen (secondary N) is 1. The Balaban J connectivity index is 1.65. The van der Waals surface area contributed by atoms with E-state index < -0.39 is 0 Å². The van der Waals surface area contributed by atoms with Crippen molar-refractivity contribution in [3.63, 3.8) is 0 Å². The molecule has 1 atom stereocenters. The molecule has 4 nitrogen and oxygen atoms in total. The van der Waals surface area contributed by atoms with Crippen molar-refractivity contribution in [2.24, 2.45) is 10.2 Å². The summed E-state index contributed by atoms with van der Waals surface area (Å²) in [5, 5.41) is 10.7. The molecule has 3 rings (SSSR count). The Kier molecular flexibility index (Phi) is 5.05. The van der Waals surface area contributed by atoms with Crippen molar-refractivity contribution in [2.45, 2.75) is 18.6 Å². The molecule has 1 N–H and O–H groups in total. The Morgan fingerprint density at radius 1 is 1.25 bits per heavy atom. The van der Waals surface area contributed by atoms with Crippen molar-refractivity contribution < 1.29 is 9.18 Å². The first-order chi connectivity index (χ1) is 11.6. The summed E-state index contributed by atoms with van der Waals surface area (Å²) in [6, 6.07) is 14.4. The highest BCUT2D eigenvalue weighted by Crippen LogP contribution is 2.23. The van der Waals surface area contributed by atoms with Crippen LogP contribution in [0.25, 0.3) is 0 Å². The zero-order valence-electron chi connectivity index (χ0n) is 13.1. The number of amidine groups is 1. The van der Waals surface area contributed by atoms with Gasteiger partial charge in [0.15, 0.2) is 5.17 Å². The van der Waals surface area contributed by atoms with Gasteiger partial charge in [0.2, 0.25) is 5.91 Å². The fourth-order valence-corrected chi connectivity index (χ4v) is 3.33. The number of thioether (sulfide) groups is 1. The van der Waals surface area contributed by atoms with Gasteiger partial charge in [0.05, 0.1) is 11.5 Å². The fraction of sp³-hybridized carbons (Fsp3) is 0.167. The molecule has 1 heterocycles. The van der Waals surface area contributed by atoms with Crippen LogP contribution < -0.4 is 5.32 Å². The Morgan fingerprint density at radius 2 is 2.08 bits per heavy atom. The van der Waals surface area contributed by atoms with Crippen LogP contribution in [0.1, 0.15) is 16.7 Å². The van der Waals surface area contributed by atoms with Gasteiger partial charge in [-0.15, -0.1) is 5.10 Å². The van der Waals surface area contributed by atoms with Crippen LogP contribution in [0.15, 0.2) is 58.7 Å². The fourth-order valence-electron chi connectivity index (χ4n) is 2.36. The predicted molar refractivity (Wildman–Crippen MR) is 95.8 cm³/mol. The van der Waals surface area contributed by atoms with Gasteiger partial charge in [0.25, 0.3) is 0 Å². The van der Waals surface area contributed by atoms with Crippen LogP contribution in [0.5, 0.6) is 0 Å². The molecule has 0 aliphatic carbocycles. The average molecular weight is 341 g/mol. The highest BCUT2D eigenvalue weighted by atomic mass is 32.2. The molecule has 0 radical (unpaired) electrons. The summed E-state index contributed by atoms with van der Waals surface area (Å²) in [6.07, 6.45) is 1.97. The molecule has 1 aliphatic heterocycles. The molecule has 1 aliphatic rings. The van der Waals surface area contributed by atoms with Crippen LogP contribution >= 0.6 is 11.8 Å². The van der Waals surface area contributed by atoms with Gasteiger partial charge in [0.1, 0.15) is 5.82 Å². The second kappa shape index (κ2) is 7.40. The number of benzene rings is 2. The molecule has 0 bridgehead atoms. The number of carbonyl (C=O) groups excluding carboxylic acids is 1. The lowest BCUT2D eigenvalue weighted by Gasteiger charge is -2.05. The number of halogens is 1. The number of carbonyl (C=O) groups is 1. The van der Waals surface area contributed by atoms with Crippen molar-refractivity contribution in [1.29, 1.82) is 0 Å². The van der Waals surface area contributed by atoms with Crippen LogP contribution in [0, 0.1) is 12.7 Å². The van der Waals surface area contributed by atoms with E-state index in [0.29, 0.717) is 17.2 Å². The van der Waals surface area contributed by atoms with Crippen molar-refractivity contribution in [1.82, 2.24) is 5.32 Å². The van der Waals surface area contributed by atoms with Crippen LogP contribution in [0.2, 0.25) is 0 Å². The Labute approximate surface area is 143 Å². The van der Waals surface area contributed by atoms with Gasteiger partial charge in [-0.05, 0) is 25.0 Å². The van der Waals surface area contributed by atoms with E-state index in [1.165, 1.54) is 29.6 Å². The van der Waals surface area contributed by atoms with Crippen LogP contribution in [-0.4, -0.2) is 22.5 Å². The molecule has 0 saturated carbocycles. The molecule has 0 spiro atoms. The van der Waals surface area contributed by atoms with Crippen LogP contribution in [0.3, 0.4) is 0 Å². The topological polar surface area (TPSA) is 53.8 Å². The molecule has 6 heteroatoms. The first-order valence-electron chi connectivity index (χ1n) is 7.50. The van der Waals surface area contributed by atoms with Gasteiger partial charge in [-0.1, -0.05) is 59.8 Å². The van der Waals surface area contributed by atoms with E-state index >= 15 is 0 Å². The third kappa shape index (κ3) is 4.08. The second-order valence-corrected chi connectivity index (χ2v) is 6.65. The Bertz CT molecular complexity index is 819. The number of hydrogen-bond donors (Lipinski definition) is 1. The number of rotatable bonds is 4. The minimum absolute atomic E-state index is 0.0821. The van der Waals surface area contributed by atoms with Crippen LogP contribution in [0.4, 0.5) is 4.39 Å². The summed E-state index contributed by atoms with van der Waals surface area (Å²) in [4.78, 5) is 12.0. The first-order valence-corrected chi connectivity index (χ1v) is 8.38. The van der Waals surface area contributed by atoms with Gasteiger partial charge in [0, 0.05) is 5.56 Å². The van der Waals surface area contributed by atoms with E-state index in [-0.39, 0.29) is 17.0 Å². The molecular weight excluding hydrogens is 325 g/mol. The lowest BCUT2D eigenvalue weighted by atomic mass is 10.1. The van der Waals surface area contributed by atoms with E-state index in [1.54, 1.807) is 18.2 Å². The van der Waals surface area contributed by atoms with Gasteiger partial charge >= 0.3 is 0 Å². The summed E-state index contributed by atoms with van der Waals surface area (Å²) in [7, 11) is 0. The van der Waals surface area contributed by atoms with Gasteiger partial charge in [-0.2, -0.15) is 5.10 Å². The van der Waals surface area contributed by atoms with Crippen molar-refractivity contribution in [3.05, 3.63) is 71.0 Å². The highest BCUT2D eigenvalue weighted by molar-refractivity contribution is 8.15. The Hall–Kier alpha value is -2.47. The molecule has 0 unspecified atom stereocenters. The number of aryl methyl sites for hydroxylation is 1. The molecule has 1 amide bonds. The van der Waals surface area contributed by atoms with Crippen molar-refractivity contribution in [2.75, 3.05) is 0 Å².